The van der Waals surface area contributed by atoms with Gasteiger partial charge in [-0.2, -0.15) is 0 Å². The van der Waals surface area contributed by atoms with Crippen LogP contribution in [0.5, 0.6) is 0 Å². The van der Waals surface area contributed by atoms with Gasteiger partial charge in [-0.15, -0.1) is 0 Å². The zero-order valence-electron chi connectivity index (χ0n) is 4.30. The Morgan fingerprint density at radius 3 is 0.333 bits per heavy atom. The van der Waals surface area contributed by atoms with Crippen molar-refractivity contribution in [2.24, 2.45) is 0 Å². The Kier molecular flexibility index (Phi) is 4690. The summed E-state index contributed by atoms with van der Waals surface area (Å²) in [6, 6.07) is 0. The summed E-state index contributed by atoms with van der Waals surface area (Å²) in [5.41, 5.74) is 0. The Labute approximate surface area is 105 Å². The minimum atomic E-state index is 0. The van der Waals surface area contributed by atoms with E-state index in [0.717, 1.165) is 0 Å². The summed E-state index contributed by atoms with van der Waals surface area (Å²) in [6.45, 7) is 0. The molecule has 64 valence electrons. The van der Waals surface area contributed by atoms with Crippen LogP contribution in [0.25, 0.3) is 0 Å². The fourth-order valence-corrected chi connectivity index (χ4v) is 0. The van der Waals surface area contributed by atoms with E-state index in [2.05, 4.69) is 0 Å². The van der Waals surface area contributed by atoms with E-state index in [4.69, 9.17) is 0 Å². The molecule has 0 amide bonds. The van der Waals surface area contributed by atoms with E-state index < -0.39 is 0 Å². The summed E-state index contributed by atoms with van der Waals surface area (Å²) in [5, 5.41) is 0. The number of rotatable bonds is 0. The van der Waals surface area contributed by atoms with Crippen molar-refractivity contribution < 1.29 is 53.9 Å². The molecule has 9 heteroatoms. The van der Waals surface area contributed by atoms with Gasteiger partial charge in [0.25, 0.3) is 0 Å². The first-order valence-electron chi connectivity index (χ1n) is 0. The summed E-state index contributed by atoms with van der Waals surface area (Å²) in [7, 11) is 0. The minimum Gasteiger partial charge on any atom is -0.412 e. The quantitative estimate of drug-likeness (QED) is 0.233. The predicted molar refractivity (Wildman–Crippen MR) is 33.2 cm³/mol. The zero-order chi connectivity index (χ0) is 0. The second-order valence-corrected chi connectivity index (χ2v) is 0. The van der Waals surface area contributed by atoms with Crippen molar-refractivity contribution in [3.8, 4) is 0 Å². The summed E-state index contributed by atoms with van der Waals surface area (Å²) in [6.07, 6.45) is 0. The zero-order valence-corrected chi connectivity index (χ0v) is 13.3. The molecule has 0 saturated carbocycles. The second-order valence-electron chi connectivity index (χ2n) is 0. The van der Waals surface area contributed by atoms with E-state index in [1.165, 1.54) is 0 Å². The molecule has 0 aromatic carbocycles. The third-order valence-electron chi connectivity index (χ3n) is 0. The van der Waals surface area contributed by atoms with Crippen LogP contribution in [0.4, 0.5) is 0 Å². The van der Waals surface area contributed by atoms with Crippen molar-refractivity contribution >= 4 is 52.4 Å². The Balaban J connectivity index is 0. The van der Waals surface area contributed by atoms with Gasteiger partial charge in [-0.25, -0.2) is 0 Å². The van der Waals surface area contributed by atoms with Gasteiger partial charge in [-0.1, -0.05) is 0 Å². The van der Waals surface area contributed by atoms with E-state index in [9.17, 15) is 0 Å². The van der Waals surface area contributed by atoms with Gasteiger partial charge in [0.2, 0.25) is 0 Å². The van der Waals surface area contributed by atoms with Crippen molar-refractivity contribution in [2.45, 2.75) is 0 Å². The fraction of sp³-hybridized carbons (Fsp3) is 0. The topological polar surface area (TPSA) is 189 Å². The van der Waals surface area contributed by atoms with Gasteiger partial charge in [0.15, 0.2) is 0 Å². The van der Waals surface area contributed by atoms with Crippen LogP contribution in [0.2, 0.25) is 0 Å². The Hall–Kier alpha value is 2.21. The molecule has 0 rings (SSSR count). The molecule has 0 aromatic rings. The smallest absolute Gasteiger partial charge is 0 e. The standard InChI is InChI=1S/2Bi.Mo.6H2O/h;;;6*1H2. The number of hydrogen-bond donors (Lipinski definition) is 0. The summed E-state index contributed by atoms with van der Waals surface area (Å²) < 4.78 is 0. The van der Waals surface area contributed by atoms with Crippen molar-refractivity contribution in [2.75, 3.05) is 0 Å². The molecule has 0 aliphatic rings. The molecule has 0 aliphatic heterocycles. The molecule has 12 N–H and O–H groups in total. The molecule has 0 unspecified atom stereocenters. The van der Waals surface area contributed by atoms with Crippen LogP contribution in [0.3, 0.4) is 0 Å². The van der Waals surface area contributed by atoms with Crippen LogP contribution in [0.1, 0.15) is 0 Å². The normalized spacial score (nSPS) is 0. The van der Waals surface area contributed by atoms with Crippen LogP contribution in [-0.4, -0.2) is 85.3 Å². The first-order chi connectivity index (χ1) is 0. The van der Waals surface area contributed by atoms with Gasteiger partial charge in [-0.3, -0.25) is 0 Å². The SMILES string of the molecule is O.O.O.O.O.O.[Bi].[Bi].[Mo]. The van der Waals surface area contributed by atoms with E-state index in [1.54, 1.807) is 0 Å². The summed E-state index contributed by atoms with van der Waals surface area (Å²) in [5.74, 6) is 0. The van der Waals surface area contributed by atoms with Gasteiger partial charge in [0, 0.05) is 73.5 Å². The van der Waals surface area contributed by atoms with Crippen LogP contribution in [0, 0.1) is 0 Å². The maximum Gasteiger partial charge on any atom is 0 e. The van der Waals surface area contributed by atoms with Crippen molar-refractivity contribution in [1.29, 1.82) is 0 Å². The molecule has 0 saturated heterocycles. The van der Waals surface area contributed by atoms with E-state index in [-0.39, 0.29) is 106 Å². The van der Waals surface area contributed by atoms with Crippen LogP contribution >= 0.6 is 0 Å². The van der Waals surface area contributed by atoms with Gasteiger partial charge < -0.3 is 32.9 Å². The fourth-order valence-electron chi connectivity index (χ4n) is 0. The van der Waals surface area contributed by atoms with Gasteiger partial charge in [-0.05, 0) is 0 Å². The van der Waals surface area contributed by atoms with Crippen molar-refractivity contribution in [1.82, 2.24) is 0 Å². The largest absolute Gasteiger partial charge is 0.412 e. The molecular formula is H12Bi2MoO6. The number of hydrogen-bond acceptors (Lipinski definition) is 0. The average Bonchev–Trinajstić information content (AvgIpc) is 0. The Bertz CT molecular complexity index is 11.0. The molecule has 0 aliphatic carbocycles. The van der Waals surface area contributed by atoms with Gasteiger partial charge in [0.05, 0.1) is 0 Å². The maximum absolute atomic E-state index is 0. The third-order valence-corrected chi connectivity index (χ3v) is 0. The minimum absolute atomic E-state index is 0. The first kappa shape index (κ1) is 239. The molecule has 0 spiro atoms. The molecule has 0 fully saturated rings. The second kappa shape index (κ2) is 177. The van der Waals surface area contributed by atoms with Crippen molar-refractivity contribution in [3.05, 3.63) is 0 Å². The average molecular weight is 622 g/mol. The van der Waals surface area contributed by atoms with E-state index >= 15 is 0 Å². The van der Waals surface area contributed by atoms with Crippen LogP contribution in [-0.2, 0) is 21.1 Å². The van der Waals surface area contributed by atoms with Crippen LogP contribution < -0.4 is 0 Å². The van der Waals surface area contributed by atoms with Gasteiger partial charge in [0.1, 0.15) is 0 Å². The molecule has 0 bridgehead atoms. The predicted octanol–water partition coefficient (Wildman–Crippen LogP) is -5.71. The Morgan fingerprint density at radius 2 is 0.333 bits per heavy atom. The van der Waals surface area contributed by atoms with E-state index in [0.29, 0.717) is 0 Å². The molecule has 9 heavy (non-hydrogen) atoms. The third kappa shape index (κ3) is 141. The first-order valence-corrected chi connectivity index (χ1v) is 0. The maximum atomic E-state index is 0. The summed E-state index contributed by atoms with van der Waals surface area (Å²) in [4.78, 5) is 0. The molecular weight excluding hydrogens is 610 g/mol. The molecule has 0 aromatic heterocycles. The molecule has 6 radical (unpaired) electrons. The van der Waals surface area contributed by atoms with Crippen LogP contribution in [0.15, 0.2) is 0 Å². The van der Waals surface area contributed by atoms with Crippen molar-refractivity contribution in [3.63, 3.8) is 0 Å². The van der Waals surface area contributed by atoms with Gasteiger partial charge >= 0.3 is 0 Å². The monoisotopic (exact) mass is 624 g/mol. The Morgan fingerprint density at radius 1 is 0.333 bits per heavy atom. The molecule has 0 atom stereocenters. The van der Waals surface area contributed by atoms with E-state index in [1.807, 2.05) is 0 Å². The molecule has 6 nitrogen and oxygen atoms in total. The molecule has 0 heterocycles. The summed E-state index contributed by atoms with van der Waals surface area (Å²) >= 11 is 0.